The molecule has 4 rings (SSSR count). The van der Waals surface area contributed by atoms with Crippen molar-refractivity contribution in [2.24, 2.45) is 0 Å². The van der Waals surface area contributed by atoms with E-state index in [1.165, 1.54) is 39.5 Å². The number of amides is 1. The number of methoxy groups -OCH3 is 3. The number of esters is 1. The Kier molecular flexibility index (Phi) is 6.90. The summed E-state index contributed by atoms with van der Waals surface area (Å²) in [5.74, 6) is -2.35. The SMILES string of the molecule is COC(=O)c1sc(N2C(=O)C(=O)C(=C(O)c3ccc(OC)c(C)c3)[C@H]2c2ccc(O)c(OC)c2)nc1C. The Bertz CT molecular complexity index is 1460. The van der Waals surface area contributed by atoms with Crippen LogP contribution in [0.4, 0.5) is 5.13 Å². The number of carbonyl (C=O) groups excluding carboxylic acids is 3. The van der Waals surface area contributed by atoms with Gasteiger partial charge in [0.15, 0.2) is 16.6 Å². The molecule has 2 N–H and O–H groups in total. The fraction of sp³-hybridized carbons (Fsp3) is 0.231. The van der Waals surface area contributed by atoms with Gasteiger partial charge >= 0.3 is 11.9 Å². The molecule has 0 bridgehead atoms. The first-order chi connectivity index (χ1) is 17.6. The number of Topliss-reactive ketones (excluding diaryl/α,β-unsaturated/α-hetero) is 1. The Labute approximate surface area is 216 Å². The van der Waals surface area contributed by atoms with Crippen LogP contribution in [-0.4, -0.2) is 54.2 Å². The summed E-state index contributed by atoms with van der Waals surface area (Å²) in [6.45, 7) is 3.37. The third-order valence-electron chi connectivity index (χ3n) is 5.99. The minimum absolute atomic E-state index is 0.0713. The van der Waals surface area contributed by atoms with Gasteiger partial charge in [-0.2, -0.15) is 0 Å². The molecule has 2 aromatic carbocycles. The van der Waals surface area contributed by atoms with Crippen molar-refractivity contribution in [1.29, 1.82) is 0 Å². The van der Waals surface area contributed by atoms with Crippen LogP contribution >= 0.6 is 11.3 Å². The van der Waals surface area contributed by atoms with Gasteiger partial charge in [0.2, 0.25) is 0 Å². The molecule has 192 valence electrons. The van der Waals surface area contributed by atoms with Crippen molar-refractivity contribution in [3.63, 3.8) is 0 Å². The molecule has 1 fully saturated rings. The summed E-state index contributed by atoms with van der Waals surface area (Å²) in [5.41, 5.74) is 1.52. The number of ketones is 1. The highest BCUT2D eigenvalue weighted by Gasteiger charge is 2.48. The number of benzene rings is 2. The fourth-order valence-corrected chi connectivity index (χ4v) is 5.17. The van der Waals surface area contributed by atoms with Crippen LogP contribution in [0, 0.1) is 13.8 Å². The highest BCUT2D eigenvalue weighted by molar-refractivity contribution is 7.17. The van der Waals surface area contributed by atoms with Crippen LogP contribution < -0.4 is 14.4 Å². The number of nitrogens with zero attached hydrogens (tertiary/aromatic N) is 2. The molecule has 3 aromatic rings. The number of ether oxygens (including phenoxy) is 3. The number of hydrogen-bond donors (Lipinski definition) is 2. The van der Waals surface area contributed by atoms with Gasteiger partial charge in [-0.15, -0.1) is 0 Å². The van der Waals surface area contributed by atoms with E-state index in [9.17, 15) is 24.6 Å². The number of hydrogen-bond acceptors (Lipinski definition) is 10. The fourth-order valence-electron chi connectivity index (χ4n) is 4.16. The van der Waals surface area contributed by atoms with Gasteiger partial charge in [-0.25, -0.2) is 9.78 Å². The molecule has 1 atom stereocenters. The van der Waals surface area contributed by atoms with Crippen molar-refractivity contribution in [2.75, 3.05) is 26.2 Å². The van der Waals surface area contributed by atoms with Gasteiger partial charge in [0.25, 0.3) is 5.78 Å². The summed E-state index contributed by atoms with van der Waals surface area (Å²) in [5, 5.41) is 21.5. The molecule has 0 unspecified atom stereocenters. The predicted molar refractivity (Wildman–Crippen MR) is 135 cm³/mol. The van der Waals surface area contributed by atoms with Gasteiger partial charge in [0, 0.05) is 5.56 Å². The maximum Gasteiger partial charge on any atom is 0.350 e. The molecule has 1 aliphatic rings. The summed E-state index contributed by atoms with van der Waals surface area (Å²) in [4.78, 5) is 44.6. The standard InChI is InChI=1S/C26H24N2O8S/c1-12-10-15(7-9-17(12)34-3)21(30)19-20(14-6-8-16(29)18(11-14)35-4)28(24(32)22(19)31)26-27-13(2)23(37-26)25(33)36-5/h6-11,20,29-30H,1-5H3/t20-/m1/s1. The lowest BCUT2D eigenvalue weighted by molar-refractivity contribution is -0.132. The molecule has 10 nitrogen and oxygen atoms in total. The van der Waals surface area contributed by atoms with Crippen LogP contribution in [0.1, 0.15) is 38.1 Å². The number of rotatable bonds is 6. The highest BCUT2D eigenvalue weighted by Crippen LogP contribution is 2.45. The maximum atomic E-state index is 13.4. The van der Waals surface area contributed by atoms with E-state index < -0.39 is 29.5 Å². The highest BCUT2D eigenvalue weighted by atomic mass is 32.1. The van der Waals surface area contributed by atoms with E-state index in [1.807, 2.05) is 0 Å². The van der Waals surface area contributed by atoms with Gasteiger partial charge < -0.3 is 24.4 Å². The average molecular weight is 525 g/mol. The number of aliphatic hydroxyl groups excluding tert-OH is 1. The smallest absolute Gasteiger partial charge is 0.350 e. The Balaban J connectivity index is 1.97. The zero-order valence-electron chi connectivity index (χ0n) is 20.7. The second-order valence-corrected chi connectivity index (χ2v) is 9.16. The van der Waals surface area contributed by atoms with Crippen LogP contribution in [0.3, 0.4) is 0 Å². The molecule has 0 saturated carbocycles. The molecule has 0 radical (unpaired) electrons. The predicted octanol–water partition coefficient (Wildman–Crippen LogP) is 3.90. The van der Waals surface area contributed by atoms with Crippen LogP contribution in [0.2, 0.25) is 0 Å². The number of carbonyl (C=O) groups is 3. The third kappa shape index (κ3) is 4.38. The topological polar surface area (TPSA) is 135 Å². The Morgan fingerprint density at radius 3 is 2.35 bits per heavy atom. The molecule has 0 aliphatic carbocycles. The number of aryl methyl sites for hydroxylation is 2. The van der Waals surface area contributed by atoms with Crippen molar-refractivity contribution < 1.29 is 38.8 Å². The largest absolute Gasteiger partial charge is 0.507 e. The van der Waals surface area contributed by atoms with Gasteiger partial charge in [0.05, 0.1) is 38.6 Å². The van der Waals surface area contributed by atoms with E-state index in [0.29, 0.717) is 28.1 Å². The molecular weight excluding hydrogens is 500 g/mol. The van der Waals surface area contributed by atoms with E-state index in [4.69, 9.17) is 14.2 Å². The number of aliphatic hydroxyl groups is 1. The lowest BCUT2D eigenvalue weighted by Gasteiger charge is -2.23. The average Bonchev–Trinajstić information content (AvgIpc) is 3.39. The molecule has 1 aromatic heterocycles. The number of phenolic OH excluding ortho intramolecular Hbond substituents is 1. The maximum absolute atomic E-state index is 13.4. The van der Waals surface area contributed by atoms with Crippen molar-refractivity contribution in [2.45, 2.75) is 19.9 Å². The molecular formula is C26H24N2O8S. The number of phenols is 1. The third-order valence-corrected chi connectivity index (χ3v) is 7.13. The van der Waals surface area contributed by atoms with Gasteiger partial charge in [0.1, 0.15) is 16.4 Å². The molecule has 11 heteroatoms. The van der Waals surface area contributed by atoms with Gasteiger partial charge in [-0.1, -0.05) is 17.4 Å². The quantitative estimate of drug-likeness (QED) is 0.213. The van der Waals surface area contributed by atoms with Crippen LogP contribution in [-0.2, 0) is 14.3 Å². The zero-order chi connectivity index (χ0) is 27.0. The number of anilines is 1. The zero-order valence-corrected chi connectivity index (χ0v) is 21.5. The van der Waals surface area contributed by atoms with Crippen LogP contribution in [0.5, 0.6) is 17.2 Å². The molecule has 1 amide bonds. The summed E-state index contributed by atoms with van der Waals surface area (Å²) in [6, 6.07) is 8.06. The summed E-state index contributed by atoms with van der Waals surface area (Å²) < 4.78 is 15.3. The summed E-state index contributed by atoms with van der Waals surface area (Å²) in [6.07, 6.45) is 0. The first-order valence-electron chi connectivity index (χ1n) is 11.0. The summed E-state index contributed by atoms with van der Waals surface area (Å²) >= 11 is 0.890. The van der Waals surface area contributed by atoms with Gasteiger partial charge in [-0.05, 0) is 55.3 Å². The number of aromatic nitrogens is 1. The minimum atomic E-state index is -1.13. The lowest BCUT2D eigenvalue weighted by atomic mass is 9.94. The number of thiazole rings is 1. The van der Waals surface area contributed by atoms with E-state index in [2.05, 4.69) is 4.98 Å². The molecule has 1 aliphatic heterocycles. The second kappa shape index (κ2) is 9.94. The normalized spacial score (nSPS) is 16.7. The Morgan fingerprint density at radius 2 is 1.73 bits per heavy atom. The molecule has 0 spiro atoms. The first kappa shape index (κ1) is 25.7. The van der Waals surface area contributed by atoms with E-state index in [-0.39, 0.29) is 27.1 Å². The van der Waals surface area contributed by atoms with Crippen molar-refractivity contribution in [3.05, 3.63) is 69.2 Å². The molecule has 37 heavy (non-hydrogen) atoms. The molecule has 1 saturated heterocycles. The van der Waals surface area contributed by atoms with E-state index >= 15 is 0 Å². The monoisotopic (exact) mass is 524 g/mol. The van der Waals surface area contributed by atoms with E-state index in [1.54, 1.807) is 32.0 Å². The first-order valence-corrected chi connectivity index (χ1v) is 11.8. The van der Waals surface area contributed by atoms with Gasteiger partial charge in [-0.3, -0.25) is 14.5 Å². The second-order valence-electron chi connectivity index (χ2n) is 8.19. The van der Waals surface area contributed by atoms with Crippen molar-refractivity contribution >= 4 is 39.9 Å². The lowest BCUT2D eigenvalue weighted by Crippen LogP contribution is -2.29. The van der Waals surface area contributed by atoms with Crippen LogP contribution in [0.25, 0.3) is 5.76 Å². The van der Waals surface area contributed by atoms with Crippen molar-refractivity contribution in [1.82, 2.24) is 4.98 Å². The molecule has 2 heterocycles. The van der Waals surface area contributed by atoms with Crippen molar-refractivity contribution in [3.8, 4) is 17.2 Å². The number of aromatic hydroxyl groups is 1. The van der Waals surface area contributed by atoms with Crippen LogP contribution in [0.15, 0.2) is 42.0 Å². The summed E-state index contributed by atoms with van der Waals surface area (Å²) in [7, 11) is 4.11. The Morgan fingerprint density at radius 1 is 1.03 bits per heavy atom. The van der Waals surface area contributed by atoms with E-state index in [0.717, 1.165) is 16.2 Å². The Hall–Kier alpha value is -4.38. The minimum Gasteiger partial charge on any atom is -0.507 e.